The number of aliphatic imine (C=N–C) groups is 1. The van der Waals surface area contributed by atoms with Gasteiger partial charge in [-0.25, -0.2) is 4.99 Å². The van der Waals surface area contributed by atoms with Crippen molar-refractivity contribution in [2.75, 3.05) is 0 Å². The molecule has 0 fully saturated rings. The SMILES string of the molecule is N#Cc1c(N=Cc2ccc[nH]2)n[nH]c1Cc1ccc(Cl)cc1. The van der Waals surface area contributed by atoms with Crippen molar-refractivity contribution in [2.24, 2.45) is 4.99 Å². The summed E-state index contributed by atoms with van der Waals surface area (Å²) >= 11 is 5.87. The molecule has 0 aliphatic rings. The van der Waals surface area contributed by atoms with Gasteiger partial charge in [0.1, 0.15) is 11.6 Å². The third-order valence-corrected chi connectivity index (χ3v) is 3.43. The maximum atomic E-state index is 9.35. The zero-order chi connectivity index (χ0) is 15.4. The van der Waals surface area contributed by atoms with Crippen LogP contribution in [0.2, 0.25) is 5.02 Å². The summed E-state index contributed by atoms with van der Waals surface area (Å²) in [5.41, 5.74) is 3.09. The summed E-state index contributed by atoms with van der Waals surface area (Å²) in [6, 6.07) is 13.4. The molecule has 1 aromatic carbocycles. The molecule has 22 heavy (non-hydrogen) atoms. The van der Waals surface area contributed by atoms with Crippen LogP contribution in [0.25, 0.3) is 0 Å². The molecule has 0 aliphatic carbocycles. The molecule has 3 aromatic rings. The molecular weight excluding hydrogens is 298 g/mol. The number of aromatic amines is 2. The standard InChI is InChI=1S/C16H12ClN5/c17-12-5-3-11(4-6-12)8-15-14(9-18)16(22-21-15)20-10-13-2-1-7-19-13/h1-7,10,19H,8H2,(H,21,22). The van der Waals surface area contributed by atoms with Crippen LogP contribution in [-0.4, -0.2) is 21.4 Å². The van der Waals surface area contributed by atoms with Crippen LogP contribution >= 0.6 is 11.6 Å². The first-order valence-electron chi connectivity index (χ1n) is 6.65. The fraction of sp³-hybridized carbons (Fsp3) is 0.0625. The van der Waals surface area contributed by atoms with Crippen LogP contribution in [0.1, 0.15) is 22.5 Å². The minimum Gasteiger partial charge on any atom is -0.360 e. The molecule has 108 valence electrons. The fourth-order valence-corrected chi connectivity index (χ4v) is 2.19. The lowest BCUT2D eigenvalue weighted by Crippen LogP contribution is -1.91. The van der Waals surface area contributed by atoms with Gasteiger partial charge in [-0.1, -0.05) is 23.7 Å². The molecule has 5 nitrogen and oxygen atoms in total. The second-order valence-electron chi connectivity index (χ2n) is 4.70. The average Bonchev–Trinajstić information content (AvgIpc) is 3.17. The Bertz CT molecular complexity index is 823. The van der Waals surface area contributed by atoms with E-state index >= 15 is 0 Å². The first-order chi connectivity index (χ1) is 10.8. The number of hydrogen-bond donors (Lipinski definition) is 2. The Morgan fingerprint density at radius 1 is 1.27 bits per heavy atom. The largest absolute Gasteiger partial charge is 0.360 e. The molecule has 0 atom stereocenters. The molecule has 3 rings (SSSR count). The highest BCUT2D eigenvalue weighted by Gasteiger charge is 2.12. The summed E-state index contributed by atoms with van der Waals surface area (Å²) in [6.45, 7) is 0. The molecule has 0 radical (unpaired) electrons. The van der Waals surface area contributed by atoms with E-state index in [9.17, 15) is 5.26 Å². The Labute approximate surface area is 132 Å². The van der Waals surface area contributed by atoms with Gasteiger partial charge in [0.25, 0.3) is 0 Å². The first-order valence-corrected chi connectivity index (χ1v) is 7.03. The van der Waals surface area contributed by atoms with Gasteiger partial charge in [0, 0.05) is 17.6 Å². The quantitative estimate of drug-likeness (QED) is 0.722. The van der Waals surface area contributed by atoms with Gasteiger partial charge in [-0.05, 0) is 29.8 Å². The van der Waals surface area contributed by atoms with Gasteiger partial charge in [-0.2, -0.15) is 10.4 Å². The third-order valence-electron chi connectivity index (χ3n) is 3.18. The van der Waals surface area contributed by atoms with E-state index in [1.807, 2.05) is 42.6 Å². The molecular formula is C16H12ClN5. The molecule has 6 heteroatoms. The van der Waals surface area contributed by atoms with Gasteiger partial charge in [-0.3, -0.25) is 5.10 Å². The molecule has 0 saturated heterocycles. The van der Waals surface area contributed by atoms with Crippen LogP contribution in [-0.2, 0) is 6.42 Å². The van der Waals surface area contributed by atoms with E-state index in [1.165, 1.54) is 0 Å². The summed E-state index contributed by atoms with van der Waals surface area (Å²) in [5, 5.41) is 17.0. The highest BCUT2D eigenvalue weighted by molar-refractivity contribution is 6.30. The first kappa shape index (κ1) is 14.1. The zero-order valence-electron chi connectivity index (χ0n) is 11.5. The van der Waals surface area contributed by atoms with E-state index in [0.717, 1.165) is 17.0 Å². The van der Waals surface area contributed by atoms with Crippen molar-refractivity contribution >= 4 is 23.6 Å². The smallest absolute Gasteiger partial charge is 0.191 e. The van der Waals surface area contributed by atoms with Crippen molar-refractivity contribution in [1.82, 2.24) is 15.2 Å². The zero-order valence-corrected chi connectivity index (χ0v) is 12.3. The number of nitriles is 1. The molecule has 2 N–H and O–H groups in total. The number of H-pyrrole nitrogens is 2. The van der Waals surface area contributed by atoms with Crippen LogP contribution in [0.15, 0.2) is 47.6 Å². The Hall–Kier alpha value is -2.84. The van der Waals surface area contributed by atoms with Gasteiger partial charge in [0.05, 0.1) is 17.6 Å². The molecule has 0 saturated carbocycles. The summed E-state index contributed by atoms with van der Waals surface area (Å²) in [7, 11) is 0. The molecule has 0 unspecified atom stereocenters. The number of halogens is 1. The summed E-state index contributed by atoms with van der Waals surface area (Å²) in [6.07, 6.45) is 4.03. The van der Waals surface area contributed by atoms with Crippen LogP contribution in [0.3, 0.4) is 0 Å². The van der Waals surface area contributed by atoms with Gasteiger partial charge in [0.15, 0.2) is 5.82 Å². The van der Waals surface area contributed by atoms with Crippen molar-refractivity contribution in [3.05, 3.63) is 70.1 Å². The fourth-order valence-electron chi connectivity index (χ4n) is 2.07. The Balaban J connectivity index is 1.84. The number of aromatic nitrogens is 3. The molecule has 2 aromatic heterocycles. The van der Waals surface area contributed by atoms with E-state index in [-0.39, 0.29) is 0 Å². The molecule has 0 aliphatic heterocycles. The van der Waals surface area contributed by atoms with Crippen molar-refractivity contribution < 1.29 is 0 Å². The number of nitrogens with one attached hydrogen (secondary N) is 2. The normalized spacial score (nSPS) is 10.9. The Kier molecular flexibility index (Phi) is 4.03. The highest BCUT2D eigenvalue weighted by atomic mass is 35.5. The minimum atomic E-state index is 0.390. The maximum Gasteiger partial charge on any atom is 0.191 e. The monoisotopic (exact) mass is 309 g/mol. The van der Waals surface area contributed by atoms with E-state index < -0.39 is 0 Å². The highest BCUT2D eigenvalue weighted by Crippen LogP contribution is 2.21. The van der Waals surface area contributed by atoms with E-state index in [2.05, 4.69) is 26.2 Å². The third kappa shape index (κ3) is 3.08. The molecule has 0 bridgehead atoms. The Morgan fingerprint density at radius 3 is 2.77 bits per heavy atom. The van der Waals surface area contributed by atoms with Crippen LogP contribution < -0.4 is 0 Å². The van der Waals surface area contributed by atoms with Gasteiger partial charge in [-0.15, -0.1) is 0 Å². The number of nitrogens with zero attached hydrogens (tertiary/aromatic N) is 3. The summed E-state index contributed by atoms with van der Waals surface area (Å²) in [4.78, 5) is 7.27. The Morgan fingerprint density at radius 2 is 2.09 bits per heavy atom. The van der Waals surface area contributed by atoms with Crippen LogP contribution in [0.4, 0.5) is 5.82 Å². The lowest BCUT2D eigenvalue weighted by molar-refractivity contribution is 0.993. The molecule has 0 amide bonds. The number of rotatable bonds is 4. The summed E-state index contributed by atoms with van der Waals surface area (Å²) < 4.78 is 0. The molecule has 2 heterocycles. The lowest BCUT2D eigenvalue weighted by atomic mass is 10.1. The average molecular weight is 310 g/mol. The van der Waals surface area contributed by atoms with E-state index in [4.69, 9.17) is 11.6 Å². The molecule has 0 spiro atoms. The van der Waals surface area contributed by atoms with Crippen molar-refractivity contribution in [3.63, 3.8) is 0 Å². The van der Waals surface area contributed by atoms with E-state index in [1.54, 1.807) is 6.21 Å². The van der Waals surface area contributed by atoms with Crippen molar-refractivity contribution in [1.29, 1.82) is 5.26 Å². The van der Waals surface area contributed by atoms with E-state index in [0.29, 0.717) is 22.8 Å². The van der Waals surface area contributed by atoms with Crippen LogP contribution in [0, 0.1) is 11.3 Å². The lowest BCUT2D eigenvalue weighted by Gasteiger charge is -1.99. The number of hydrogen-bond acceptors (Lipinski definition) is 3. The second-order valence-corrected chi connectivity index (χ2v) is 5.14. The number of benzene rings is 1. The van der Waals surface area contributed by atoms with Crippen LogP contribution in [0.5, 0.6) is 0 Å². The predicted molar refractivity (Wildman–Crippen MR) is 85.6 cm³/mol. The van der Waals surface area contributed by atoms with Crippen molar-refractivity contribution in [3.8, 4) is 6.07 Å². The second kappa shape index (κ2) is 6.29. The van der Waals surface area contributed by atoms with Gasteiger partial charge < -0.3 is 4.98 Å². The van der Waals surface area contributed by atoms with Gasteiger partial charge in [0.2, 0.25) is 0 Å². The van der Waals surface area contributed by atoms with Gasteiger partial charge >= 0.3 is 0 Å². The predicted octanol–water partition coefficient (Wildman–Crippen LogP) is 3.60. The summed E-state index contributed by atoms with van der Waals surface area (Å²) in [5.74, 6) is 0.390. The topological polar surface area (TPSA) is 80.6 Å². The minimum absolute atomic E-state index is 0.390. The van der Waals surface area contributed by atoms with Crippen molar-refractivity contribution in [2.45, 2.75) is 6.42 Å². The maximum absolute atomic E-state index is 9.35.